The molecule has 2 aromatic carbocycles. The van der Waals surface area contributed by atoms with Gasteiger partial charge in [-0.1, -0.05) is 12.1 Å². The van der Waals surface area contributed by atoms with Crippen LogP contribution in [0.15, 0.2) is 48.5 Å². The first kappa shape index (κ1) is 16.0. The largest absolute Gasteiger partial charge is 0.490 e. The van der Waals surface area contributed by atoms with Crippen LogP contribution in [0.1, 0.15) is 12.5 Å². The molecule has 2 aromatic rings. The van der Waals surface area contributed by atoms with Gasteiger partial charge in [-0.25, -0.2) is 4.39 Å². The van der Waals surface area contributed by atoms with Gasteiger partial charge in [0.05, 0.1) is 0 Å². The maximum atomic E-state index is 12.8. The van der Waals surface area contributed by atoms with E-state index in [0.29, 0.717) is 11.4 Å². The Morgan fingerprint density at radius 3 is 2.59 bits per heavy atom. The minimum atomic E-state index is -1.71. The highest BCUT2D eigenvalue weighted by Gasteiger charge is 2.31. The minimum absolute atomic E-state index is 0.240. The van der Waals surface area contributed by atoms with Crippen LogP contribution in [-0.4, -0.2) is 23.2 Å². The molecule has 0 fully saturated rings. The van der Waals surface area contributed by atoms with Gasteiger partial charge in [-0.15, -0.1) is 0 Å². The summed E-state index contributed by atoms with van der Waals surface area (Å²) in [5.41, 5.74) is -0.106. The second-order valence-electron chi connectivity index (χ2n) is 5.34. The Morgan fingerprint density at radius 1 is 1.27 bits per heavy atom. The van der Waals surface area contributed by atoms with Gasteiger partial charge in [0.25, 0.3) is 5.91 Å². The Bertz CT molecular complexity index is 653. The second-order valence-corrected chi connectivity index (χ2v) is 5.34. The van der Waals surface area contributed by atoms with E-state index in [-0.39, 0.29) is 12.4 Å². The van der Waals surface area contributed by atoms with E-state index in [9.17, 15) is 14.3 Å². The van der Waals surface area contributed by atoms with Crippen LogP contribution >= 0.6 is 0 Å². The highest BCUT2D eigenvalue weighted by molar-refractivity contribution is 5.97. The fourth-order valence-electron chi connectivity index (χ4n) is 1.81. The SMILES string of the molecule is Cc1cccc(NC(=O)C(C)(O)COc2ccc(F)cc2)c1. The van der Waals surface area contributed by atoms with E-state index in [1.165, 1.54) is 31.2 Å². The highest BCUT2D eigenvalue weighted by Crippen LogP contribution is 2.16. The van der Waals surface area contributed by atoms with Crippen LogP contribution in [0.25, 0.3) is 0 Å². The van der Waals surface area contributed by atoms with Gasteiger partial charge in [0.2, 0.25) is 0 Å². The molecule has 22 heavy (non-hydrogen) atoms. The molecule has 0 bridgehead atoms. The number of hydrogen-bond acceptors (Lipinski definition) is 3. The highest BCUT2D eigenvalue weighted by atomic mass is 19.1. The molecular weight excluding hydrogens is 285 g/mol. The summed E-state index contributed by atoms with van der Waals surface area (Å²) in [4.78, 5) is 12.1. The van der Waals surface area contributed by atoms with Gasteiger partial charge in [0, 0.05) is 5.69 Å². The lowest BCUT2D eigenvalue weighted by atomic mass is 10.1. The van der Waals surface area contributed by atoms with Gasteiger partial charge in [-0.05, 0) is 55.8 Å². The number of hydrogen-bond donors (Lipinski definition) is 2. The summed E-state index contributed by atoms with van der Waals surface area (Å²) in [6.45, 7) is 3.03. The molecule has 0 radical (unpaired) electrons. The van der Waals surface area contributed by atoms with Crippen molar-refractivity contribution >= 4 is 11.6 Å². The maximum Gasteiger partial charge on any atom is 0.259 e. The fourth-order valence-corrected chi connectivity index (χ4v) is 1.81. The lowest BCUT2D eigenvalue weighted by Gasteiger charge is -2.22. The zero-order valence-corrected chi connectivity index (χ0v) is 12.5. The van der Waals surface area contributed by atoms with Crippen molar-refractivity contribution in [1.29, 1.82) is 0 Å². The van der Waals surface area contributed by atoms with E-state index in [4.69, 9.17) is 4.74 Å². The molecule has 0 aromatic heterocycles. The van der Waals surface area contributed by atoms with Crippen molar-refractivity contribution in [1.82, 2.24) is 0 Å². The van der Waals surface area contributed by atoms with E-state index in [1.54, 1.807) is 12.1 Å². The van der Waals surface area contributed by atoms with Gasteiger partial charge in [0.15, 0.2) is 5.60 Å². The number of amides is 1. The monoisotopic (exact) mass is 303 g/mol. The second kappa shape index (κ2) is 6.58. The average Bonchev–Trinajstić information content (AvgIpc) is 2.47. The third-order valence-corrected chi connectivity index (χ3v) is 3.10. The molecule has 0 aliphatic heterocycles. The van der Waals surface area contributed by atoms with Crippen LogP contribution in [0.4, 0.5) is 10.1 Å². The standard InChI is InChI=1S/C17H18FNO3/c1-12-4-3-5-14(10-12)19-16(20)17(2,21)11-22-15-8-6-13(18)7-9-15/h3-10,21H,11H2,1-2H3,(H,19,20). The average molecular weight is 303 g/mol. The summed E-state index contributed by atoms with van der Waals surface area (Å²) in [6, 6.07) is 12.6. The van der Waals surface area contributed by atoms with Crippen molar-refractivity contribution in [3.8, 4) is 5.75 Å². The Labute approximate surface area is 128 Å². The van der Waals surface area contributed by atoms with E-state index in [0.717, 1.165) is 5.56 Å². The Morgan fingerprint density at radius 2 is 1.95 bits per heavy atom. The molecule has 1 atom stereocenters. The molecule has 1 amide bonds. The lowest BCUT2D eigenvalue weighted by Crippen LogP contribution is -2.45. The van der Waals surface area contributed by atoms with Crippen molar-refractivity contribution in [2.24, 2.45) is 0 Å². The number of aryl methyl sites for hydroxylation is 1. The quantitative estimate of drug-likeness (QED) is 0.893. The zero-order valence-electron chi connectivity index (χ0n) is 12.5. The maximum absolute atomic E-state index is 12.8. The Balaban J connectivity index is 1.96. The van der Waals surface area contributed by atoms with Crippen LogP contribution in [0.2, 0.25) is 0 Å². The third kappa shape index (κ3) is 4.30. The van der Waals surface area contributed by atoms with Crippen LogP contribution < -0.4 is 10.1 Å². The summed E-state index contributed by atoms with van der Waals surface area (Å²) in [5, 5.41) is 12.9. The van der Waals surface area contributed by atoms with Crippen molar-refractivity contribution in [3.05, 3.63) is 59.9 Å². The molecule has 0 saturated carbocycles. The molecule has 2 rings (SSSR count). The zero-order chi connectivity index (χ0) is 16.2. The molecule has 0 aliphatic carbocycles. The van der Waals surface area contributed by atoms with Crippen LogP contribution in [0.3, 0.4) is 0 Å². The van der Waals surface area contributed by atoms with Gasteiger partial charge in [0.1, 0.15) is 18.2 Å². The van der Waals surface area contributed by atoms with Gasteiger partial charge in [-0.3, -0.25) is 4.79 Å². The molecular formula is C17H18FNO3. The first-order chi connectivity index (χ1) is 10.4. The number of nitrogens with one attached hydrogen (secondary N) is 1. The van der Waals surface area contributed by atoms with Crippen molar-refractivity contribution in [2.75, 3.05) is 11.9 Å². The van der Waals surface area contributed by atoms with Gasteiger partial charge in [-0.2, -0.15) is 0 Å². The summed E-state index contributed by atoms with van der Waals surface area (Å²) in [6.07, 6.45) is 0. The summed E-state index contributed by atoms with van der Waals surface area (Å²) in [5.74, 6) is -0.568. The van der Waals surface area contributed by atoms with Crippen LogP contribution in [0, 0.1) is 12.7 Å². The topological polar surface area (TPSA) is 58.6 Å². The number of rotatable bonds is 5. The molecule has 1 unspecified atom stereocenters. The molecule has 0 spiro atoms. The number of ether oxygens (including phenoxy) is 1. The number of carbonyl (C=O) groups excluding carboxylic acids is 1. The molecule has 0 saturated heterocycles. The molecule has 0 heterocycles. The van der Waals surface area contributed by atoms with Gasteiger partial charge < -0.3 is 15.2 Å². The smallest absolute Gasteiger partial charge is 0.259 e. The number of aliphatic hydroxyl groups is 1. The summed E-state index contributed by atoms with van der Waals surface area (Å²) < 4.78 is 18.1. The van der Waals surface area contributed by atoms with E-state index >= 15 is 0 Å². The summed E-state index contributed by atoms with van der Waals surface area (Å²) in [7, 11) is 0. The number of anilines is 1. The number of benzene rings is 2. The molecule has 5 heteroatoms. The number of halogens is 1. The number of carbonyl (C=O) groups is 1. The third-order valence-electron chi connectivity index (χ3n) is 3.10. The van der Waals surface area contributed by atoms with Crippen molar-refractivity contribution in [3.63, 3.8) is 0 Å². The first-order valence-corrected chi connectivity index (χ1v) is 6.86. The lowest BCUT2D eigenvalue weighted by molar-refractivity contribution is -0.135. The van der Waals surface area contributed by atoms with Crippen molar-refractivity contribution < 1.29 is 19.0 Å². The van der Waals surface area contributed by atoms with E-state index in [1.807, 2.05) is 19.1 Å². The van der Waals surface area contributed by atoms with Crippen LogP contribution in [0.5, 0.6) is 5.75 Å². The Hall–Kier alpha value is -2.40. The predicted octanol–water partition coefficient (Wildman–Crippen LogP) is 2.90. The molecule has 0 aliphatic rings. The summed E-state index contributed by atoms with van der Waals surface area (Å²) >= 11 is 0. The Kier molecular flexibility index (Phi) is 4.78. The fraction of sp³-hybridized carbons (Fsp3) is 0.235. The normalized spacial score (nSPS) is 13.3. The molecule has 116 valence electrons. The minimum Gasteiger partial charge on any atom is -0.490 e. The molecule has 4 nitrogen and oxygen atoms in total. The van der Waals surface area contributed by atoms with Crippen molar-refractivity contribution in [2.45, 2.75) is 19.4 Å². The van der Waals surface area contributed by atoms with Crippen LogP contribution in [-0.2, 0) is 4.79 Å². The van der Waals surface area contributed by atoms with E-state index < -0.39 is 11.5 Å². The first-order valence-electron chi connectivity index (χ1n) is 6.86. The van der Waals surface area contributed by atoms with Gasteiger partial charge >= 0.3 is 0 Å². The van der Waals surface area contributed by atoms with E-state index in [2.05, 4.69) is 5.32 Å². The predicted molar refractivity (Wildman–Crippen MR) is 82.3 cm³/mol. The molecule has 2 N–H and O–H groups in total.